The van der Waals surface area contributed by atoms with Crippen molar-refractivity contribution in [2.75, 3.05) is 6.54 Å². The van der Waals surface area contributed by atoms with Crippen molar-refractivity contribution >= 4 is 11.9 Å². The fourth-order valence-electron chi connectivity index (χ4n) is 3.01. The number of carboxylic acids is 1. The van der Waals surface area contributed by atoms with Gasteiger partial charge in [0.25, 0.3) is 5.91 Å². The molecule has 1 saturated heterocycles. The van der Waals surface area contributed by atoms with Crippen LogP contribution in [0.2, 0.25) is 0 Å². The highest BCUT2D eigenvalue weighted by molar-refractivity contribution is 5.95. The third-order valence-corrected chi connectivity index (χ3v) is 4.33. The summed E-state index contributed by atoms with van der Waals surface area (Å²) in [5.41, 5.74) is 0.501. The van der Waals surface area contributed by atoms with Crippen LogP contribution in [-0.2, 0) is 4.79 Å². The number of likely N-dealkylation sites (tertiary alicyclic amines) is 1. The second kappa shape index (κ2) is 6.20. The maximum absolute atomic E-state index is 12.8. The summed E-state index contributed by atoms with van der Waals surface area (Å²) in [4.78, 5) is 33.9. The quantitative estimate of drug-likeness (QED) is 0.929. The van der Waals surface area contributed by atoms with Crippen LogP contribution in [0, 0.1) is 5.92 Å². The van der Waals surface area contributed by atoms with Crippen LogP contribution in [0.4, 0.5) is 0 Å². The number of hydrogen-bond donors (Lipinski definition) is 1. The number of aromatic nitrogens is 3. The molecule has 23 heavy (non-hydrogen) atoms. The molecule has 2 atom stereocenters. The Morgan fingerprint density at radius 2 is 2.17 bits per heavy atom. The molecular weight excluding hydrogens is 296 g/mol. The molecule has 120 valence electrons. The third-order valence-electron chi connectivity index (χ3n) is 4.33. The molecule has 1 aliphatic rings. The molecule has 1 aliphatic heterocycles. The number of piperidine rings is 1. The van der Waals surface area contributed by atoms with Crippen LogP contribution in [0.5, 0.6) is 0 Å². The van der Waals surface area contributed by atoms with Crippen molar-refractivity contribution in [1.29, 1.82) is 0 Å². The molecule has 0 aromatic carbocycles. The minimum atomic E-state index is -0.844. The van der Waals surface area contributed by atoms with Gasteiger partial charge < -0.3 is 10.0 Å². The molecule has 3 heterocycles. The Morgan fingerprint density at radius 1 is 1.35 bits per heavy atom. The lowest BCUT2D eigenvalue weighted by atomic mass is 9.90. The van der Waals surface area contributed by atoms with Crippen LogP contribution < -0.4 is 0 Å². The monoisotopic (exact) mass is 314 g/mol. The van der Waals surface area contributed by atoms with Crippen molar-refractivity contribution in [1.82, 2.24) is 19.4 Å². The van der Waals surface area contributed by atoms with Crippen LogP contribution >= 0.6 is 0 Å². The summed E-state index contributed by atoms with van der Waals surface area (Å²) in [5, 5.41) is 9.29. The first-order valence-corrected chi connectivity index (χ1v) is 7.56. The molecular formula is C16H18N4O3. The van der Waals surface area contributed by atoms with Crippen molar-refractivity contribution in [3.63, 3.8) is 0 Å². The van der Waals surface area contributed by atoms with Crippen LogP contribution in [0.15, 0.2) is 37.1 Å². The van der Waals surface area contributed by atoms with Gasteiger partial charge in [0.15, 0.2) is 0 Å². The number of carboxylic acid groups (broad SMARTS) is 1. The lowest BCUT2D eigenvalue weighted by Crippen LogP contribution is -2.49. The first-order chi connectivity index (χ1) is 11.1. The molecule has 0 bridgehead atoms. The van der Waals surface area contributed by atoms with Crippen molar-refractivity contribution in [3.8, 4) is 5.82 Å². The SMILES string of the molecule is C[C@@H]1[C@H](C(=O)O)CCCN1C(=O)c1ccnc(-n2ccnc2)c1. The average Bonchev–Trinajstić information content (AvgIpc) is 3.09. The second-order valence-electron chi connectivity index (χ2n) is 5.70. The van der Waals surface area contributed by atoms with Gasteiger partial charge in [0.1, 0.15) is 12.1 Å². The average molecular weight is 314 g/mol. The fraction of sp³-hybridized carbons (Fsp3) is 0.375. The summed E-state index contributed by atoms with van der Waals surface area (Å²) in [6.07, 6.45) is 7.89. The van der Waals surface area contributed by atoms with E-state index in [9.17, 15) is 14.7 Å². The second-order valence-corrected chi connectivity index (χ2v) is 5.70. The smallest absolute Gasteiger partial charge is 0.308 e. The van der Waals surface area contributed by atoms with Crippen molar-refractivity contribution in [2.45, 2.75) is 25.8 Å². The summed E-state index contributed by atoms with van der Waals surface area (Å²) in [5.74, 6) is -0.911. The van der Waals surface area contributed by atoms with E-state index in [1.54, 1.807) is 53.4 Å². The number of aliphatic carboxylic acids is 1. The zero-order valence-electron chi connectivity index (χ0n) is 12.8. The Bertz CT molecular complexity index is 714. The van der Waals surface area contributed by atoms with Gasteiger partial charge in [-0.3, -0.25) is 14.2 Å². The van der Waals surface area contributed by atoms with E-state index < -0.39 is 11.9 Å². The maximum atomic E-state index is 12.8. The Hall–Kier alpha value is -2.70. The number of hydrogen-bond acceptors (Lipinski definition) is 4. The van der Waals surface area contributed by atoms with Crippen LogP contribution in [0.1, 0.15) is 30.1 Å². The van der Waals surface area contributed by atoms with Crippen molar-refractivity contribution in [2.24, 2.45) is 5.92 Å². The van der Waals surface area contributed by atoms with E-state index in [2.05, 4.69) is 9.97 Å². The van der Waals surface area contributed by atoms with Crippen LogP contribution in [0.3, 0.4) is 0 Å². The van der Waals surface area contributed by atoms with Gasteiger partial charge in [-0.05, 0) is 31.9 Å². The lowest BCUT2D eigenvalue weighted by Gasteiger charge is -2.37. The molecule has 1 fully saturated rings. The zero-order chi connectivity index (χ0) is 16.4. The molecule has 2 aromatic rings. The Morgan fingerprint density at radius 3 is 2.87 bits per heavy atom. The number of carbonyl (C=O) groups is 2. The van der Waals surface area contributed by atoms with Crippen LogP contribution in [0.25, 0.3) is 5.82 Å². The van der Waals surface area contributed by atoms with Gasteiger partial charge in [-0.2, -0.15) is 0 Å². The lowest BCUT2D eigenvalue weighted by molar-refractivity contribution is -0.144. The molecule has 0 radical (unpaired) electrons. The summed E-state index contributed by atoms with van der Waals surface area (Å²) < 4.78 is 1.72. The number of pyridine rings is 1. The molecule has 0 saturated carbocycles. The number of imidazole rings is 1. The first-order valence-electron chi connectivity index (χ1n) is 7.56. The molecule has 0 aliphatic carbocycles. The Labute approximate surface area is 133 Å². The summed E-state index contributed by atoms with van der Waals surface area (Å²) in [6.45, 7) is 2.38. The molecule has 7 heteroatoms. The van der Waals surface area contributed by atoms with Gasteiger partial charge in [-0.25, -0.2) is 9.97 Å². The molecule has 1 amide bonds. The minimum Gasteiger partial charge on any atom is -0.481 e. The predicted molar refractivity (Wildman–Crippen MR) is 82.2 cm³/mol. The van der Waals surface area contributed by atoms with E-state index in [1.807, 2.05) is 0 Å². The highest BCUT2D eigenvalue weighted by Crippen LogP contribution is 2.25. The topological polar surface area (TPSA) is 88.3 Å². The maximum Gasteiger partial charge on any atom is 0.308 e. The molecule has 1 N–H and O–H groups in total. The first kappa shape index (κ1) is 15.2. The van der Waals surface area contributed by atoms with Crippen molar-refractivity contribution in [3.05, 3.63) is 42.6 Å². The highest BCUT2D eigenvalue weighted by Gasteiger charge is 2.35. The molecule has 2 aromatic heterocycles. The fourth-order valence-corrected chi connectivity index (χ4v) is 3.01. The largest absolute Gasteiger partial charge is 0.481 e. The van der Waals surface area contributed by atoms with Gasteiger partial charge in [-0.1, -0.05) is 0 Å². The standard InChI is InChI=1S/C16H18N4O3/c1-11-13(16(22)23)3-2-7-20(11)15(21)12-4-5-18-14(9-12)19-8-6-17-10-19/h4-6,8-11,13H,2-3,7H2,1H3,(H,22,23)/t11-,13-/m1/s1. The number of amides is 1. The Balaban J connectivity index is 1.85. The van der Waals surface area contributed by atoms with E-state index in [-0.39, 0.29) is 11.9 Å². The molecule has 3 rings (SSSR count). The van der Waals surface area contributed by atoms with Gasteiger partial charge in [0.2, 0.25) is 0 Å². The van der Waals surface area contributed by atoms with Gasteiger partial charge in [0, 0.05) is 36.7 Å². The van der Waals surface area contributed by atoms with Crippen LogP contribution in [-0.4, -0.2) is 49.0 Å². The van der Waals surface area contributed by atoms with E-state index in [0.29, 0.717) is 30.8 Å². The molecule has 0 unspecified atom stereocenters. The molecule has 7 nitrogen and oxygen atoms in total. The zero-order valence-corrected chi connectivity index (χ0v) is 12.8. The Kier molecular flexibility index (Phi) is 4.10. The van der Waals surface area contributed by atoms with E-state index in [4.69, 9.17) is 0 Å². The number of rotatable bonds is 3. The normalized spacial score (nSPS) is 21.2. The summed E-state index contributed by atoms with van der Waals surface area (Å²) in [6, 6.07) is 3.03. The minimum absolute atomic E-state index is 0.160. The highest BCUT2D eigenvalue weighted by atomic mass is 16.4. The van der Waals surface area contributed by atoms with Crippen molar-refractivity contribution < 1.29 is 14.7 Å². The van der Waals surface area contributed by atoms with Gasteiger partial charge >= 0.3 is 5.97 Å². The summed E-state index contributed by atoms with van der Waals surface area (Å²) >= 11 is 0. The predicted octanol–water partition coefficient (Wildman–Crippen LogP) is 1.59. The number of carbonyl (C=O) groups excluding carboxylic acids is 1. The van der Waals surface area contributed by atoms with E-state index >= 15 is 0 Å². The van der Waals surface area contributed by atoms with Gasteiger partial charge in [-0.15, -0.1) is 0 Å². The number of nitrogens with zero attached hydrogens (tertiary/aromatic N) is 4. The molecule has 0 spiro atoms. The van der Waals surface area contributed by atoms with E-state index in [0.717, 1.165) is 0 Å². The third kappa shape index (κ3) is 2.94. The summed E-state index contributed by atoms with van der Waals surface area (Å²) in [7, 11) is 0. The van der Waals surface area contributed by atoms with E-state index in [1.165, 1.54) is 0 Å². The van der Waals surface area contributed by atoms with Gasteiger partial charge in [0.05, 0.1) is 5.92 Å².